The van der Waals surface area contributed by atoms with Crippen LogP contribution in [-0.2, 0) is 4.79 Å². The molecule has 1 aromatic rings. The molecule has 0 bridgehead atoms. The van der Waals surface area contributed by atoms with Gasteiger partial charge in [0.2, 0.25) is 0 Å². The van der Waals surface area contributed by atoms with E-state index < -0.39 is 5.97 Å². The molecule has 0 aliphatic carbocycles. The molecule has 1 heterocycles. The minimum absolute atomic E-state index is 0.00926. The first-order valence-electron chi connectivity index (χ1n) is 3.40. The second-order valence-corrected chi connectivity index (χ2v) is 2.51. The molecule has 1 atom stereocenters. The molecule has 0 saturated carbocycles. The van der Waals surface area contributed by atoms with Crippen molar-refractivity contribution in [1.82, 2.24) is 9.97 Å². The van der Waals surface area contributed by atoms with E-state index in [1.807, 2.05) is 6.92 Å². The zero-order valence-corrected chi connectivity index (χ0v) is 6.24. The highest BCUT2D eigenvalue weighted by molar-refractivity contribution is 5.67. The van der Waals surface area contributed by atoms with Gasteiger partial charge < -0.3 is 10.1 Å². The van der Waals surface area contributed by atoms with Crippen molar-refractivity contribution in [3.05, 3.63) is 18.2 Å². The molecular weight excluding hydrogens is 144 g/mol. The predicted molar refractivity (Wildman–Crippen MR) is 39.3 cm³/mol. The Labute approximate surface area is 64.3 Å². The van der Waals surface area contributed by atoms with Gasteiger partial charge in [-0.3, -0.25) is 4.79 Å². The Hall–Kier alpha value is -1.32. The number of carboxylic acids is 1. The van der Waals surface area contributed by atoms with Gasteiger partial charge in [-0.2, -0.15) is 0 Å². The number of aliphatic carboxylic acids is 1. The van der Waals surface area contributed by atoms with E-state index in [1.54, 1.807) is 12.5 Å². The summed E-state index contributed by atoms with van der Waals surface area (Å²) in [6.07, 6.45) is 3.34. The molecule has 0 amide bonds. The number of hydrogen-bond acceptors (Lipinski definition) is 2. The van der Waals surface area contributed by atoms with Crippen LogP contribution in [0.2, 0.25) is 0 Å². The molecule has 2 N–H and O–H groups in total. The third kappa shape index (κ3) is 2.07. The van der Waals surface area contributed by atoms with Crippen molar-refractivity contribution >= 4 is 5.97 Å². The van der Waals surface area contributed by atoms with E-state index in [1.165, 1.54) is 0 Å². The van der Waals surface area contributed by atoms with Crippen molar-refractivity contribution in [2.75, 3.05) is 0 Å². The number of carboxylic acid groups (broad SMARTS) is 1. The third-order valence-corrected chi connectivity index (χ3v) is 1.53. The molecule has 1 unspecified atom stereocenters. The fraction of sp³-hybridized carbons (Fsp3) is 0.429. The predicted octanol–water partition coefficient (Wildman–Crippen LogP) is 0.988. The molecule has 0 aliphatic rings. The van der Waals surface area contributed by atoms with Gasteiger partial charge in [0.05, 0.1) is 12.7 Å². The highest BCUT2D eigenvalue weighted by Crippen LogP contribution is 2.14. The zero-order chi connectivity index (χ0) is 8.27. The minimum Gasteiger partial charge on any atom is -0.481 e. The molecule has 0 fully saturated rings. The van der Waals surface area contributed by atoms with Gasteiger partial charge in [-0.05, 0) is 0 Å². The third-order valence-electron chi connectivity index (χ3n) is 1.53. The maximum Gasteiger partial charge on any atom is 0.304 e. The summed E-state index contributed by atoms with van der Waals surface area (Å²) in [5, 5.41) is 8.45. The fourth-order valence-electron chi connectivity index (χ4n) is 0.908. The van der Waals surface area contributed by atoms with Crippen LogP contribution in [0.5, 0.6) is 0 Å². The highest BCUT2D eigenvalue weighted by atomic mass is 16.4. The van der Waals surface area contributed by atoms with E-state index in [0.29, 0.717) is 0 Å². The Morgan fingerprint density at radius 2 is 2.64 bits per heavy atom. The van der Waals surface area contributed by atoms with Crippen LogP contribution in [0.3, 0.4) is 0 Å². The van der Waals surface area contributed by atoms with Gasteiger partial charge in [0.25, 0.3) is 0 Å². The molecule has 4 nitrogen and oxygen atoms in total. The molecule has 0 aromatic carbocycles. The van der Waals surface area contributed by atoms with Crippen molar-refractivity contribution < 1.29 is 9.90 Å². The molecule has 1 rings (SSSR count). The van der Waals surface area contributed by atoms with Crippen molar-refractivity contribution in [3.8, 4) is 0 Å². The number of aromatic nitrogens is 2. The normalized spacial score (nSPS) is 12.8. The highest BCUT2D eigenvalue weighted by Gasteiger charge is 2.10. The van der Waals surface area contributed by atoms with Gasteiger partial charge in [-0.15, -0.1) is 0 Å². The number of aromatic amines is 1. The number of carbonyl (C=O) groups is 1. The molecule has 0 spiro atoms. The van der Waals surface area contributed by atoms with E-state index in [4.69, 9.17) is 5.11 Å². The van der Waals surface area contributed by atoms with Crippen LogP contribution in [0.15, 0.2) is 12.5 Å². The summed E-state index contributed by atoms with van der Waals surface area (Å²) in [7, 11) is 0. The lowest BCUT2D eigenvalue weighted by molar-refractivity contribution is -0.137. The smallest absolute Gasteiger partial charge is 0.304 e. The summed E-state index contributed by atoms with van der Waals surface area (Å²) in [5.41, 5.74) is 0.868. The summed E-state index contributed by atoms with van der Waals surface area (Å²) in [4.78, 5) is 16.9. The first-order chi connectivity index (χ1) is 5.20. The van der Waals surface area contributed by atoms with Crippen LogP contribution >= 0.6 is 0 Å². The number of nitrogens with one attached hydrogen (secondary N) is 1. The zero-order valence-electron chi connectivity index (χ0n) is 6.24. The van der Waals surface area contributed by atoms with Crippen LogP contribution in [-0.4, -0.2) is 21.0 Å². The molecule has 60 valence electrons. The SMILES string of the molecule is CC(CC(=O)O)c1cnc[nH]1. The second-order valence-electron chi connectivity index (χ2n) is 2.51. The largest absolute Gasteiger partial charge is 0.481 e. The van der Waals surface area contributed by atoms with E-state index in [2.05, 4.69) is 9.97 Å². The lowest BCUT2D eigenvalue weighted by atomic mass is 10.1. The standard InChI is InChI=1S/C7H10N2O2/c1-5(2-7(10)11)6-3-8-4-9-6/h3-5H,2H2,1H3,(H,8,9)(H,10,11). The number of H-pyrrole nitrogens is 1. The lowest BCUT2D eigenvalue weighted by Crippen LogP contribution is -2.02. The summed E-state index contributed by atoms with van der Waals surface area (Å²) in [5.74, 6) is -0.776. The maximum absolute atomic E-state index is 10.3. The van der Waals surface area contributed by atoms with Gasteiger partial charge in [-0.25, -0.2) is 4.98 Å². The van der Waals surface area contributed by atoms with Crippen LogP contribution in [0.25, 0.3) is 0 Å². The maximum atomic E-state index is 10.3. The summed E-state index contributed by atoms with van der Waals surface area (Å²) in [6.45, 7) is 1.85. The Balaban J connectivity index is 2.56. The summed E-state index contributed by atoms with van der Waals surface area (Å²) >= 11 is 0. The number of nitrogens with zero attached hydrogens (tertiary/aromatic N) is 1. The molecule has 4 heteroatoms. The Kier molecular flexibility index (Phi) is 2.25. The molecule has 1 aromatic heterocycles. The van der Waals surface area contributed by atoms with Crippen LogP contribution < -0.4 is 0 Å². The van der Waals surface area contributed by atoms with Crippen LogP contribution in [0.1, 0.15) is 25.0 Å². The van der Waals surface area contributed by atoms with Gasteiger partial charge in [-0.1, -0.05) is 6.92 Å². The topological polar surface area (TPSA) is 66.0 Å². The summed E-state index contributed by atoms with van der Waals surface area (Å²) < 4.78 is 0. The molecule has 0 saturated heterocycles. The molecular formula is C7H10N2O2. The van der Waals surface area contributed by atoms with Crippen molar-refractivity contribution in [2.24, 2.45) is 0 Å². The quantitative estimate of drug-likeness (QED) is 0.682. The molecule has 0 radical (unpaired) electrons. The van der Waals surface area contributed by atoms with E-state index >= 15 is 0 Å². The fourth-order valence-corrected chi connectivity index (χ4v) is 0.908. The number of hydrogen-bond donors (Lipinski definition) is 2. The lowest BCUT2D eigenvalue weighted by Gasteiger charge is -2.03. The first kappa shape index (κ1) is 7.78. The Morgan fingerprint density at radius 3 is 3.09 bits per heavy atom. The molecule has 11 heavy (non-hydrogen) atoms. The average Bonchev–Trinajstić information content (AvgIpc) is 2.35. The van der Waals surface area contributed by atoms with Gasteiger partial charge in [0.1, 0.15) is 0 Å². The number of rotatable bonds is 3. The van der Waals surface area contributed by atoms with Crippen molar-refractivity contribution in [3.63, 3.8) is 0 Å². The van der Waals surface area contributed by atoms with Crippen LogP contribution in [0.4, 0.5) is 0 Å². The van der Waals surface area contributed by atoms with E-state index in [-0.39, 0.29) is 12.3 Å². The molecule has 0 aliphatic heterocycles. The Bertz CT molecular complexity index is 231. The first-order valence-corrected chi connectivity index (χ1v) is 3.40. The Morgan fingerprint density at radius 1 is 1.91 bits per heavy atom. The van der Waals surface area contributed by atoms with Crippen molar-refractivity contribution in [2.45, 2.75) is 19.3 Å². The van der Waals surface area contributed by atoms with Crippen molar-refractivity contribution in [1.29, 1.82) is 0 Å². The van der Waals surface area contributed by atoms with E-state index in [9.17, 15) is 4.79 Å². The van der Waals surface area contributed by atoms with E-state index in [0.717, 1.165) is 5.69 Å². The summed E-state index contributed by atoms with van der Waals surface area (Å²) in [6, 6.07) is 0. The monoisotopic (exact) mass is 154 g/mol. The second kappa shape index (κ2) is 3.18. The average molecular weight is 154 g/mol. The minimum atomic E-state index is -0.785. The number of imidazole rings is 1. The van der Waals surface area contributed by atoms with Gasteiger partial charge >= 0.3 is 5.97 Å². The van der Waals surface area contributed by atoms with Gasteiger partial charge in [0, 0.05) is 17.8 Å². The van der Waals surface area contributed by atoms with Gasteiger partial charge in [0.15, 0.2) is 0 Å². The van der Waals surface area contributed by atoms with Crippen LogP contribution in [0, 0.1) is 0 Å².